The Balaban J connectivity index is 2.30. The van der Waals surface area contributed by atoms with Gasteiger partial charge in [0, 0.05) is 13.2 Å². The van der Waals surface area contributed by atoms with Crippen molar-refractivity contribution in [2.75, 3.05) is 0 Å². The molecule has 0 spiro atoms. The Morgan fingerprint density at radius 1 is 1.64 bits per heavy atom. The SMILES string of the molecule is Cn1cc(-c2n[nH]c(CC#N)n2)cn1. The molecule has 2 aromatic heterocycles. The van der Waals surface area contributed by atoms with Crippen molar-refractivity contribution in [3.8, 4) is 17.5 Å². The summed E-state index contributed by atoms with van der Waals surface area (Å²) < 4.78 is 1.68. The molecule has 0 aliphatic carbocycles. The van der Waals surface area contributed by atoms with Crippen molar-refractivity contribution in [1.82, 2.24) is 25.0 Å². The van der Waals surface area contributed by atoms with Crippen LogP contribution in [0, 0.1) is 11.3 Å². The molecular formula is C8H8N6. The molecule has 0 unspecified atom stereocenters. The van der Waals surface area contributed by atoms with Crippen LogP contribution >= 0.6 is 0 Å². The first-order valence-corrected chi connectivity index (χ1v) is 4.07. The average Bonchev–Trinajstić information content (AvgIpc) is 2.74. The molecule has 6 nitrogen and oxygen atoms in total. The second-order valence-corrected chi connectivity index (χ2v) is 2.84. The smallest absolute Gasteiger partial charge is 0.184 e. The molecule has 6 heteroatoms. The van der Waals surface area contributed by atoms with Crippen molar-refractivity contribution >= 4 is 0 Å². The minimum atomic E-state index is 0.243. The fourth-order valence-electron chi connectivity index (χ4n) is 1.12. The summed E-state index contributed by atoms with van der Waals surface area (Å²) in [5.41, 5.74) is 0.841. The van der Waals surface area contributed by atoms with Crippen molar-refractivity contribution in [3.63, 3.8) is 0 Å². The molecule has 14 heavy (non-hydrogen) atoms. The van der Waals surface area contributed by atoms with Gasteiger partial charge in [-0.05, 0) is 0 Å². The second kappa shape index (κ2) is 3.30. The van der Waals surface area contributed by atoms with E-state index < -0.39 is 0 Å². The van der Waals surface area contributed by atoms with Gasteiger partial charge in [0.15, 0.2) is 5.82 Å². The van der Waals surface area contributed by atoms with E-state index >= 15 is 0 Å². The fourth-order valence-corrected chi connectivity index (χ4v) is 1.12. The van der Waals surface area contributed by atoms with Crippen LogP contribution in [-0.2, 0) is 13.5 Å². The molecule has 70 valence electrons. The van der Waals surface area contributed by atoms with Crippen LogP contribution < -0.4 is 0 Å². The van der Waals surface area contributed by atoms with Gasteiger partial charge in [-0.25, -0.2) is 4.98 Å². The Morgan fingerprint density at radius 3 is 3.14 bits per heavy atom. The lowest BCUT2D eigenvalue weighted by atomic mass is 10.3. The highest BCUT2D eigenvalue weighted by molar-refractivity contribution is 5.51. The molecule has 0 radical (unpaired) electrons. The van der Waals surface area contributed by atoms with E-state index in [-0.39, 0.29) is 6.42 Å². The number of nitrogens with zero attached hydrogens (tertiary/aromatic N) is 5. The van der Waals surface area contributed by atoms with Crippen LogP contribution in [0.25, 0.3) is 11.4 Å². The third-order valence-corrected chi connectivity index (χ3v) is 1.74. The highest BCUT2D eigenvalue weighted by atomic mass is 15.3. The van der Waals surface area contributed by atoms with E-state index in [4.69, 9.17) is 5.26 Å². The molecule has 0 aliphatic heterocycles. The summed E-state index contributed by atoms with van der Waals surface area (Å²) in [6, 6.07) is 2.00. The summed E-state index contributed by atoms with van der Waals surface area (Å²) >= 11 is 0. The Hall–Kier alpha value is -2.16. The zero-order valence-electron chi connectivity index (χ0n) is 7.60. The van der Waals surface area contributed by atoms with Gasteiger partial charge >= 0.3 is 0 Å². The number of H-pyrrole nitrogens is 1. The van der Waals surface area contributed by atoms with Gasteiger partial charge in [0.05, 0.1) is 24.3 Å². The zero-order valence-corrected chi connectivity index (χ0v) is 7.60. The predicted octanol–water partition coefficient (Wildman–Crippen LogP) is 0.271. The molecule has 0 aromatic carbocycles. The van der Waals surface area contributed by atoms with Crippen LogP contribution in [0.3, 0.4) is 0 Å². The molecule has 2 rings (SSSR count). The Labute approximate surface area is 80.2 Å². The lowest BCUT2D eigenvalue weighted by Gasteiger charge is -1.84. The minimum Gasteiger partial charge on any atom is -0.275 e. The fraction of sp³-hybridized carbons (Fsp3) is 0.250. The van der Waals surface area contributed by atoms with Crippen molar-refractivity contribution < 1.29 is 0 Å². The van der Waals surface area contributed by atoms with Gasteiger partial charge in [-0.15, -0.1) is 0 Å². The summed E-state index contributed by atoms with van der Waals surface area (Å²) in [6.07, 6.45) is 3.74. The lowest BCUT2D eigenvalue weighted by molar-refractivity contribution is 0.768. The summed E-state index contributed by atoms with van der Waals surface area (Å²) in [6.45, 7) is 0. The van der Waals surface area contributed by atoms with E-state index in [1.807, 2.05) is 19.3 Å². The molecule has 0 bridgehead atoms. The van der Waals surface area contributed by atoms with Gasteiger partial charge in [0.25, 0.3) is 0 Å². The third-order valence-electron chi connectivity index (χ3n) is 1.74. The zero-order chi connectivity index (χ0) is 9.97. The topological polar surface area (TPSA) is 83.2 Å². The summed E-state index contributed by atoms with van der Waals surface area (Å²) in [5, 5.41) is 19.1. The van der Waals surface area contributed by atoms with E-state index in [1.54, 1.807) is 10.9 Å². The molecular weight excluding hydrogens is 180 g/mol. The highest BCUT2D eigenvalue weighted by Crippen LogP contribution is 2.12. The number of rotatable bonds is 2. The first-order valence-electron chi connectivity index (χ1n) is 4.07. The van der Waals surface area contributed by atoms with Gasteiger partial charge in [0.1, 0.15) is 5.82 Å². The van der Waals surface area contributed by atoms with Crippen LogP contribution in [0.4, 0.5) is 0 Å². The molecule has 0 fully saturated rings. The van der Waals surface area contributed by atoms with Crippen LogP contribution in [0.5, 0.6) is 0 Å². The third kappa shape index (κ3) is 1.47. The first kappa shape index (κ1) is 8.44. The number of nitriles is 1. The number of aryl methyl sites for hydroxylation is 1. The molecule has 2 aromatic rings. The number of aromatic nitrogens is 5. The maximum atomic E-state index is 8.45. The standard InChI is InChI=1S/C8H8N6/c1-14-5-6(4-10-14)8-11-7(2-3-9)12-13-8/h4-5H,2H2,1H3,(H,11,12,13). The summed E-state index contributed by atoms with van der Waals surface area (Å²) in [5.74, 6) is 1.15. The van der Waals surface area contributed by atoms with Crippen molar-refractivity contribution in [2.45, 2.75) is 6.42 Å². The van der Waals surface area contributed by atoms with Gasteiger partial charge in [-0.3, -0.25) is 9.78 Å². The largest absolute Gasteiger partial charge is 0.275 e. The second-order valence-electron chi connectivity index (χ2n) is 2.84. The predicted molar refractivity (Wildman–Crippen MR) is 47.9 cm³/mol. The normalized spacial score (nSPS) is 10.0. The van der Waals surface area contributed by atoms with E-state index in [0.29, 0.717) is 11.6 Å². The van der Waals surface area contributed by atoms with Crippen LogP contribution in [0.1, 0.15) is 5.82 Å². The Kier molecular flexibility index (Phi) is 1.99. The lowest BCUT2D eigenvalue weighted by Crippen LogP contribution is -1.84. The quantitative estimate of drug-likeness (QED) is 0.733. The molecule has 1 N–H and O–H groups in total. The first-order chi connectivity index (χ1) is 6.79. The van der Waals surface area contributed by atoms with E-state index in [9.17, 15) is 0 Å². The van der Waals surface area contributed by atoms with Crippen molar-refractivity contribution in [1.29, 1.82) is 5.26 Å². The van der Waals surface area contributed by atoms with Gasteiger partial charge < -0.3 is 0 Å². The minimum absolute atomic E-state index is 0.243. The van der Waals surface area contributed by atoms with Crippen LogP contribution in [0.15, 0.2) is 12.4 Å². The average molecular weight is 188 g/mol. The number of hydrogen-bond acceptors (Lipinski definition) is 4. The van der Waals surface area contributed by atoms with Gasteiger partial charge in [-0.1, -0.05) is 0 Å². The summed E-state index contributed by atoms with van der Waals surface area (Å²) in [7, 11) is 1.83. The maximum Gasteiger partial charge on any atom is 0.184 e. The number of hydrogen-bond donors (Lipinski definition) is 1. The van der Waals surface area contributed by atoms with Crippen molar-refractivity contribution in [2.24, 2.45) is 7.05 Å². The Morgan fingerprint density at radius 2 is 2.50 bits per heavy atom. The van der Waals surface area contributed by atoms with Gasteiger partial charge in [0.2, 0.25) is 0 Å². The number of nitrogens with one attached hydrogen (secondary N) is 1. The van der Waals surface area contributed by atoms with Crippen molar-refractivity contribution in [3.05, 3.63) is 18.2 Å². The maximum absolute atomic E-state index is 8.45. The summed E-state index contributed by atoms with van der Waals surface area (Å²) in [4.78, 5) is 4.14. The molecule has 0 saturated carbocycles. The number of aromatic amines is 1. The molecule has 0 atom stereocenters. The van der Waals surface area contributed by atoms with Crippen LogP contribution in [-0.4, -0.2) is 25.0 Å². The molecule has 0 saturated heterocycles. The van der Waals surface area contributed by atoms with E-state index in [0.717, 1.165) is 5.56 Å². The molecule has 0 aliphatic rings. The molecule has 0 amide bonds. The monoisotopic (exact) mass is 188 g/mol. The van der Waals surface area contributed by atoms with E-state index in [1.165, 1.54) is 0 Å². The highest BCUT2D eigenvalue weighted by Gasteiger charge is 2.06. The van der Waals surface area contributed by atoms with E-state index in [2.05, 4.69) is 20.3 Å². The Bertz CT molecular complexity index is 474. The van der Waals surface area contributed by atoms with Crippen LogP contribution in [0.2, 0.25) is 0 Å². The molecule has 2 heterocycles. The van der Waals surface area contributed by atoms with Gasteiger partial charge in [-0.2, -0.15) is 15.5 Å².